The minimum absolute atomic E-state index is 0.811. The van der Waals surface area contributed by atoms with Gasteiger partial charge in [0.25, 0.3) is 0 Å². The molecule has 2 aromatic rings. The predicted molar refractivity (Wildman–Crippen MR) is 73.1 cm³/mol. The molecule has 1 heterocycles. The summed E-state index contributed by atoms with van der Waals surface area (Å²) >= 11 is 5.17. The molecule has 1 N–H and O–H groups in total. The lowest BCUT2D eigenvalue weighted by atomic mass is 10.2. The molecule has 0 aliphatic rings. The summed E-state index contributed by atoms with van der Waals surface area (Å²) in [7, 11) is 0. The quantitative estimate of drug-likeness (QED) is 0.921. The fourth-order valence-corrected chi connectivity index (χ4v) is 2.63. The van der Waals surface area contributed by atoms with Crippen LogP contribution in [0.2, 0.25) is 0 Å². The SMILES string of the molecule is Cc1nc(NCc2cccc(Br)c2)sc1C. The third kappa shape index (κ3) is 2.83. The molecule has 0 saturated heterocycles. The molecule has 0 atom stereocenters. The van der Waals surface area contributed by atoms with Crippen molar-refractivity contribution in [2.75, 3.05) is 5.32 Å². The van der Waals surface area contributed by atoms with E-state index in [1.54, 1.807) is 11.3 Å². The largest absolute Gasteiger partial charge is 0.357 e. The van der Waals surface area contributed by atoms with Crippen molar-refractivity contribution in [3.8, 4) is 0 Å². The Kier molecular flexibility index (Phi) is 3.61. The third-order valence-electron chi connectivity index (χ3n) is 2.36. The van der Waals surface area contributed by atoms with Gasteiger partial charge in [0.05, 0.1) is 5.69 Å². The highest BCUT2D eigenvalue weighted by atomic mass is 79.9. The van der Waals surface area contributed by atoms with Gasteiger partial charge in [-0.3, -0.25) is 0 Å². The van der Waals surface area contributed by atoms with Gasteiger partial charge in [0, 0.05) is 15.9 Å². The van der Waals surface area contributed by atoms with Gasteiger partial charge in [-0.05, 0) is 31.5 Å². The first kappa shape index (κ1) is 11.6. The molecule has 0 amide bonds. The van der Waals surface area contributed by atoms with E-state index in [2.05, 4.69) is 45.3 Å². The molecule has 0 unspecified atom stereocenters. The number of aryl methyl sites for hydroxylation is 2. The van der Waals surface area contributed by atoms with Gasteiger partial charge in [-0.1, -0.05) is 28.1 Å². The smallest absolute Gasteiger partial charge is 0.183 e. The van der Waals surface area contributed by atoms with Crippen LogP contribution in [0.25, 0.3) is 0 Å². The number of aromatic nitrogens is 1. The van der Waals surface area contributed by atoms with Crippen LogP contribution in [0.1, 0.15) is 16.1 Å². The van der Waals surface area contributed by atoms with Crippen LogP contribution < -0.4 is 5.32 Å². The molecule has 0 fully saturated rings. The average Bonchev–Trinajstić information content (AvgIpc) is 2.56. The zero-order chi connectivity index (χ0) is 11.5. The first-order valence-corrected chi connectivity index (χ1v) is 6.68. The Bertz CT molecular complexity index is 474. The highest BCUT2D eigenvalue weighted by Crippen LogP contribution is 2.22. The Morgan fingerprint density at radius 2 is 2.19 bits per heavy atom. The number of hydrogen-bond acceptors (Lipinski definition) is 3. The number of nitrogens with zero attached hydrogens (tertiary/aromatic N) is 1. The van der Waals surface area contributed by atoms with Gasteiger partial charge in [0.15, 0.2) is 5.13 Å². The molecule has 2 nitrogen and oxygen atoms in total. The summed E-state index contributed by atoms with van der Waals surface area (Å²) in [6.07, 6.45) is 0. The molecule has 0 radical (unpaired) electrons. The second-order valence-electron chi connectivity index (χ2n) is 3.64. The summed E-state index contributed by atoms with van der Waals surface area (Å²) in [6, 6.07) is 8.28. The van der Waals surface area contributed by atoms with Crippen LogP contribution in [0.15, 0.2) is 28.7 Å². The normalized spacial score (nSPS) is 10.4. The topological polar surface area (TPSA) is 24.9 Å². The molecule has 2 rings (SSSR count). The minimum atomic E-state index is 0.811. The standard InChI is InChI=1S/C12H13BrN2S/c1-8-9(2)16-12(15-8)14-7-10-4-3-5-11(13)6-10/h3-6H,7H2,1-2H3,(H,14,15). The van der Waals surface area contributed by atoms with E-state index in [1.807, 2.05) is 19.1 Å². The van der Waals surface area contributed by atoms with E-state index in [4.69, 9.17) is 0 Å². The molecule has 1 aromatic carbocycles. The molecule has 0 aliphatic carbocycles. The van der Waals surface area contributed by atoms with Gasteiger partial charge < -0.3 is 5.32 Å². The van der Waals surface area contributed by atoms with E-state index in [9.17, 15) is 0 Å². The lowest BCUT2D eigenvalue weighted by Crippen LogP contribution is -1.98. The first-order chi connectivity index (χ1) is 7.65. The van der Waals surface area contributed by atoms with E-state index in [-0.39, 0.29) is 0 Å². The predicted octanol–water partition coefficient (Wildman–Crippen LogP) is 4.13. The van der Waals surface area contributed by atoms with Crippen molar-refractivity contribution in [1.82, 2.24) is 4.98 Å². The maximum atomic E-state index is 4.44. The van der Waals surface area contributed by atoms with Crippen LogP contribution in [0.5, 0.6) is 0 Å². The molecule has 1 aromatic heterocycles. The second kappa shape index (κ2) is 4.97. The molecule has 84 valence electrons. The summed E-state index contributed by atoms with van der Waals surface area (Å²) in [4.78, 5) is 5.72. The first-order valence-electron chi connectivity index (χ1n) is 5.07. The summed E-state index contributed by atoms with van der Waals surface area (Å²) < 4.78 is 1.11. The van der Waals surface area contributed by atoms with Gasteiger partial charge in [-0.2, -0.15) is 0 Å². The average molecular weight is 297 g/mol. The highest BCUT2D eigenvalue weighted by Gasteiger charge is 2.02. The number of halogens is 1. The van der Waals surface area contributed by atoms with Crippen molar-refractivity contribution >= 4 is 32.4 Å². The Morgan fingerprint density at radius 3 is 2.81 bits per heavy atom. The number of nitrogens with one attached hydrogen (secondary N) is 1. The van der Waals surface area contributed by atoms with Crippen molar-refractivity contribution in [1.29, 1.82) is 0 Å². The van der Waals surface area contributed by atoms with Crippen LogP contribution in [-0.2, 0) is 6.54 Å². The van der Waals surface area contributed by atoms with Crippen molar-refractivity contribution < 1.29 is 0 Å². The zero-order valence-corrected chi connectivity index (χ0v) is 11.7. The molecule has 0 saturated carbocycles. The third-order valence-corrected chi connectivity index (χ3v) is 3.89. The fourth-order valence-electron chi connectivity index (χ4n) is 1.37. The van der Waals surface area contributed by atoms with E-state index in [1.165, 1.54) is 10.4 Å². The molecular formula is C12H13BrN2S. The Hall–Kier alpha value is -0.870. The number of anilines is 1. The highest BCUT2D eigenvalue weighted by molar-refractivity contribution is 9.10. The van der Waals surface area contributed by atoms with Crippen LogP contribution >= 0.6 is 27.3 Å². The molecule has 4 heteroatoms. The van der Waals surface area contributed by atoms with Crippen molar-refractivity contribution in [2.45, 2.75) is 20.4 Å². The van der Waals surface area contributed by atoms with Crippen molar-refractivity contribution in [3.05, 3.63) is 44.9 Å². The summed E-state index contributed by atoms with van der Waals surface area (Å²) in [6.45, 7) is 4.94. The number of thiazole rings is 1. The maximum Gasteiger partial charge on any atom is 0.183 e. The zero-order valence-electron chi connectivity index (χ0n) is 9.25. The van der Waals surface area contributed by atoms with Crippen LogP contribution in [0, 0.1) is 13.8 Å². The minimum Gasteiger partial charge on any atom is -0.357 e. The fraction of sp³-hybridized carbons (Fsp3) is 0.250. The lowest BCUT2D eigenvalue weighted by molar-refractivity contribution is 1.11. The molecule has 0 bridgehead atoms. The van der Waals surface area contributed by atoms with E-state index >= 15 is 0 Å². The monoisotopic (exact) mass is 296 g/mol. The molecule has 0 aliphatic heterocycles. The Morgan fingerprint density at radius 1 is 1.38 bits per heavy atom. The second-order valence-corrected chi connectivity index (χ2v) is 5.76. The van der Waals surface area contributed by atoms with Gasteiger partial charge in [-0.25, -0.2) is 4.98 Å². The summed E-state index contributed by atoms with van der Waals surface area (Å²) in [5, 5.41) is 4.33. The Labute approximate surface area is 108 Å². The number of benzene rings is 1. The van der Waals surface area contributed by atoms with Gasteiger partial charge in [0.2, 0.25) is 0 Å². The van der Waals surface area contributed by atoms with E-state index < -0.39 is 0 Å². The van der Waals surface area contributed by atoms with Gasteiger partial charge >= 0.3 is 0 Å². The van der Waals surface area contributed by atoms with E-state index in [0.29, 0.717) is 0 Å². The van der Waals surface area contributed by atoms with Crippen LogP contribution in [-0.4, -0.2) is 4.98 Å². The summed E-state index contributed by atoms with van der Waals surface area (Å²) in [5.41, 5.74) is 2.36. The van der Waals surface area contributed by atoms with Crippen LogP contribution in [0.4, 0.5) is 5.13 Å². The lowest BCUT2D eigenvalue weighted by Gasteiger charge is -2.02. The number of rotatable bonds is 3. The van der Waals surface area contributed by atoms with Crippen molar-refractivity contribution in [3.63, 3.8) is 0 Å². The maximum absolute atomic E-state index is 4.44. The number of hydrogen-bond donors (Lipinski definition) is 1. The van der Waals surface area contributed by atoms with Gasteiger partial charge in [0.1, 0.15) is 0 Å². The Balaban J connectivity index is 2.02. The molecule has 0 spiro atoms. The molecular weight excluding hydrogens is 284 g/mol. The molecule has 16 heavy (non-hydrogen) atoms. The van der Waals surface area contributed by atoms with Crippen molar-refractivity contribution in [2.24, 2.45) is 0 Å². The summed E-state index contributed by atoms with van der Waals surface area (Å²) in [5.74, 6) is 0. The van der Waals surface area contributed by atoms with E-state index in [0.717, 1.165) is 21.8 Å². The van der Waals surface area contributed by atoms with Gasteiger partial charge in [-0.15, -0.1) is 11.3 Å². The van der Waals surface area contributed by atoms with Crippen LogP contribution in [0.3, 0.4) is 0 Å².